The first-order valence-electron chi connectivity index (χ1n) is 8.65. The molecule has 0 spiro atoms. The molecule has 0 saturated heterocycles. The van der Waals surface area contributed by atoms with Crippen LogP contribution >= 0.6 is 23.5 Å². The molecule has 3 aromatic rings. The van der Waals surface area contributed by atoms with E-state index in [9.17, 15) is 0 Å². The highest BCUT2D eigenvalue weighted by molar-refractivity contribution is 8.14. The number of nitrogens with one attached hydrogen (secondary N) is 2. The van der Waals surface area contributed by atoms with Crippen LogP contribution in [0.15, 0.2) is 58.7 Å². The molecular weight excluding hydrogens is 376 g/mol. The van der Waals surface area contributed by atoms with Crippen molar-refractivity contribution in [3.63, 3.8) is 0 Å². The van der Waals surface area contributed by atoms with Crippen molar-refractivity contribution in [3.05, 3.63) is 59.9 Å². The number of benzene rings is 2. The molecule has 142 valence electrons. The van der Waals surface area contributed by atoms with Gasteiger partial charge < -0.3 is 4.57 Å². The molecule has 4 N–H and O–H groups in total. The molecule has 3 rings (SSSR count). The van der Waals surface area contributed by atoms with E-state index in [1.807, 2.05) is 30.2 Å². The molecule has 0 radical (unpaired) electrons. The van der Waals surface area contributed by atoms with E-state index in [4.69, 9.17) is 5.84 Å². The molecule has 0 aliphatic heterocycles. The smallest absolute Gasteiger partial charge is 0.171 e. The number of hydrogen-bond donors (Lipinski definition) is 3. The lowest BCUT2D eigenvalue weighted by molar-refractivity contribution is 0.702. The van der Waals surface area contributed by atoms with Crippen molar-refractivity contribution in [2.24, 2.45) is 10.8 Å². The molecule has 0 saturated carbocycles. The molecule has 2 aromatic carbocycles. The summed E-state index contributed by atoms with van der Waals surface area (Å²) in [5, 5.41) is 0.788. The van der Waals surface area contributed by atoms with E-state index in [2.05, 4.69) is 62.8 Å². The van der Waals surface area contributed by atoms with Gasteiger partial charge >= 0.3 is 0 Å². The van der Waals surface area contributed by atoms with Crippen LogP contribution in [-0.4, -0.2) is 33.3 Å². The SMILES string of the molecule is CN=C(NNN)SCCSc1cccc(Cn2cnc3ccccc32)c1C. The van der Waals surface area contributed by atoms with Crippen LogP contribution in [0.3, 0.4) is 0 Å². The highest BCUT2D eigenvalue weighted by Gasteiger charge is 2.08. The predicted molar refractivity (Wildman–Crippen MR) is 117 cm³/mol. The van der Waals surface area contributed by atoms with Gasteiger partial charge in [-0.05, 0) is 36.2 Å². The maximum Gasteiger partial charge on any atom is 0.171 e. The van der Waals surface area contributed by atoms with Gasteiger partial charge in [0.25, 0.3) is 0 Å². The second-order valence-electron chi connectivity index (χ2n) is 5.90. The Kier molecular flexibility index (Phi) is 7.17. The van der Waals surface area contributed by atoms with Crippen molar-refractivity contribution < 1.29 is 0 Å². The van der Waals surface area contributed by atoms with E-state index >= 15 is 0 Å². The van der Waals surface area contributed by atoms with Crippen LogP contribution in [0.2, 0.25) is 0 Å². The fraction of sp³-hybridized carbons (Fsp3) is 0.263. The van der Waals surface area contributed by atoms with Crippen molar-refractivity contribution in [3.8, 4) is 0 Å². The van der Waals surface area contributed by atoms with Crippen LogP contribution in [0.1, 0.15) is 11.1 Å². The third-order valence-corrected chi connectivity index (χ3v) is 6.61. The minimum absolute atomic E-state index is 0.788. The molecule has 0 amide bonds. The minimum Gasteiger partial charge on any atom is -0.326 e. The molecule has 27 heavy (non-hydrogen) atoms. The van der Waals surface area contributed by atoms with E-state index in [1.165, 1.54) is 21.5 Å². The van der Waals surface area contributed by atoms with E-state index in [0.717, 1.165) is 28.7 Å². The van der Waals surface area contributed by atoms with Crippen molar-refractivity contribution in [2.75, 3.05) is 18.6 Å². The molecule has 0 fully saturated rings. The number of thioether (sulfide) groups is 2. The fourth-order valence-corrected chi connectivity index (χ4v) is 4.68. The molecule has 0 bridgehead atoms. The van der Waals surface area contributed by atoms with Crippen LogP contribution in [0.4, 0.5) is 0 Å². The molecule has 8 heteroatoms. The summed E-state index contributed by atoms with van der Waals surface area (Å²) in [5.74, 6) is 7.20. The van der Waals surface area contributed by atoms with Gasteiger partial charge in [0.05, 0.1) is 17.4 Å². The number of aliphatic imine (C=N–C) groups is 1. The van der Waals surface area contributed by atoms with Gasteiger partial charge in [0.1, 0.15) is 0 Å². The quantitative estimate of drug-likeness (QED) is 0.141. The monoisotopic (exact) mass is 400 g/mol. The normalized spacial score (nSPS) is 11.9. The summed E-state index contributed by atoms with van der Waals surface area (Å²) >= 11 is 3.51. The second-order valence-corrected chi connectivity index (χ2v) is 8.12. The third kappa shape index (κ3) is 5.04. The van der Waals surface area contributed by atoms with Gasteiger partial charge in [-0.15, -0.1) is 11.8 Å². The number of hydrogen-bond acceptors (Lipinski definition) is 6. The lowest BCUT2D eigenvalue weighted by Gasteiger charge is -2.12. The molecular formula is C19H24N6S2. The van der Waals surface area contributed by atoms with E-state index in [-0.39, 0.29) is 0 Å². The van der Waals surface area contributed by atoms with Gasteiger partial charge in [-0.1, -0.05) is 36.0 Å². The van der Waals surface area contributed by atoms with Crippen LogP contribution in [0.5, 0.6) is 0 Å². The highest BCUT2D eigenvalue weighted by atomic mass is 32.2. The number of imidazole rings is 1. The van der Waals surface area contributed by atoms with Crippen molar-refractivity contribution in [1.29, 1.82) is 0 Å². The van der Waals surface area contributed by atoms with Crippen LogP contribution in [0, 0.1) is 6.92 Å². The topological polar surface area (TPSA) is 80.3 Å². The van der Waals surface area contributed by atoms with Crippen molar-refractivity contribution >= 4 is 39.7 Å². The van der Waals surface area contributed by atoms with Gasteiger partial charge in [0.2, 0.25) is 0 Å². The lowest BCUT2D eigenvalue weighted by Crippen LogP contribution is -2.41. The number of rotatable bonds is 7. The Balaban J connectivity index is 1.64. The minimum atomic E-state index is 0.788. The molecule has 1 aromatic heterocycles. The average Bonchev–Trinajstić information content (AvgIpc) is 3.10. The lowest BCUT2D eigenvalue weighted by atomic mass is 10.1. The van der Waals surface area contributed by atoms with Gasteiger partial charge in [-0.2, -0.15) is 5.53 Å². The number of aromatic nitrogens is 2. The number of hydrazine groups is 2. The standard InChI is InChI=1S/C19H24N6S2/c1-14-15(12-25-13-22-16-7-3-4-8-17(16)25)6-5-9-18(14)26-10-11-27-19(21-2)23-24-20/h3-9,13,24H,10-12,20H2,1-2H3,(H,21,23). The average molecular weight is 401 g/mol. The Morgan fingerprint density at radius 2 is 2.04 bits per heavy atom. The van der Waals surface area contributed by atoms with Crippen molar-refractivity contribution in [1.82, 2.24) is 20.5 Å². The second kappa shape index (κ2) is 9.80. The Bertz CT molecular complexity index is 921. The first-order chi connectivity index (χ1) is 13.2. The molecule has 0 atom stereocenters. The van der Waals surface area contributed by atoms with E-state index in [1.54, 1.807) is 18.8 Å². The third-order valence-electron chi connectivity index (χ3n) is 4.23. The fourth-order valence-electron chi connectivity index (χ4n) is 2.82. The maximum absolute atomic E-state index is 5.26. The van der Waals surface area contributed by atoms with Gasteiger partial charge in [-0.3, -0.25) is 16.3 Å². The summed E-state index contributed by atoms with van der Waals surface area (Å²) in [4.78, 5) is 9.94. The summed E-state index contributed by atoms with van der Waals surface area (Å²) in [7, 11) is 1.74. The number of amidine groups is 1. The van der Waals surface area contributed by atoms with Crippen molar-refractivity contribution in [2.45, 2.75) is 18.4 Å². The number of para-hydroxylation sites is 2. The Hall–Kier alpha value is -2.00. The van der Waals surface area contributed by atoms with E-state index < -0.39 is 0 Å². The maximum atomic E-state index is 5.26. The largest absolute Gasteiger partial charge is 0.326 e. The molecule has 0 unspecified atom stereocenters. The first kappa shape index (κ1) is 19.8. The number of fused-ring (bicyclic) bond motifs is 1. The molecule has 1 heterocycles. The summed E-state index contributed by atoms with van der Waals surface area (Å²) < 4.78 is 2.21. The van der Waals surface area contributed by atoms with Crippen LogP contribution < -0.4 is 16.8 Å². The zero-order valence-corrected chi connectivity index (χ0v) is 17.1. The van der Waals surface area contributed by atoms with Gasteiger partial charge in [0.15, 0.2) is 5.17 Å². The summed E-state index contributed by atoms with van der Waals surface area (Å²) in [6.07, 6.45) is 1.92. The first-order valence-corrected chi connectivity index (χ1v) is 10.6. The summed E-state index contributed by atoms with van der Waals surface area (Å²) in [5.41, 5.74) is 10.1. The molecule has 6 nitrogen and oxygen atoms in total. The zero-order chi connectivity index (χ0) is 19.1. The summed E-state index contributed by atoms with van der Waals surface area (Å²) in [6.45, 7) is 3.02. The van der Waals surface area contributed by atoms with Gasteiger partial charge in [-0.25, -0.2) is 4.98 Å². The predicted octanol–water partition coefficient (Wildman–Crippen LogP) is 3.17. The molecule has 0 aliphatic carbocycles. The Labute approximate surface area is 168 Å². The highest BCUT2D eigenvalue weighted by Crippen LogP contribution is 2.27. The van der Waals surface area contributed by atoms with E-state index in [0.29, 0.717) is 0 Å². The van der Waals surface area contributed by atoms with Crippen LogP contribution in [0.25, 0.3) is 11.0 Å². The Morgan fingerprint density at radius 1 is 1.19 bits per heavy atom. The number of nitrogens with zero attached hydrogens (tertiary/aromatic N) is 3. The zero-order valence-electron chi connectivity index (χ0n) is 15.5. The van der Waals surface area contributed by atoms with Crippen LogP contribution in [-0.2, 0) is 6.54 Å². The molecule has 0 aliphatic rings. The van der Waals surface area contributed by atoms with Gasteiger partial charge in [0, 0.05) is 30.0 Å². The number of nitrogens with two attached hydrogens (primary N) is 1. The Morgan fingerprint density at radius 3 is 2.85 bits per heavy atom. The summed E-state index contributed by atoms with van der Waals surface area (Å²) in [6, 6.07) is 14.8.